The third-order valence-electron chi connectivity index (χ3n) is 3.32. The molecule has 3 nitrogen and oxygen atoms in total. The number of hydrogen-bond acceptors (Lipinski definition) is 3. The molecule has 1 aliphatic rings. The van der Waals surface area contributed by atoms with Crippen LogP contribution in [0.25, 0.3) is 0 Å². The summed E-state index contributed by atoms with van der Waals surface area (Å²) in [5.74, 6) is -0.243. The SMILES string of the molecule is NC(c1ccc2c(c1)OCCO2)c1c(F)ccc(Br)c1F. The molecule has 110 valence electrons. The normalized spacial score (nSPS) is 14.9. The molecule has 0 amide bonds. The van der Waals surface area contributed by atoms with Gasteiger partial charge in [0.25, 0.3) is 0 Å². The molecule has 1 unspecified atom stereocenters. The van der Waals surface area contributed by atoms with E-state index in [-0.39, 0.29) is 10.0 Å². The number of hydrogen-bond donors (Lipinski definition) is 1. The molecular weight excluding hydrogens is 344 g/mol. The second kappa shape index (κ2) is 5.61. The van der Waals surface area contributed by atoms with Gasteiger partial charge in [0.05, 0.1) is 10.5 Å². The lowest BCUT2D eigenvalue weighted by atomic mass is 9.98. The van der Waals surface area contributed by atoms with Crippen LogP contribution in [0, 0.1) is 11.6 Å². The molecule has 0 fully saturated rings. The number of halogens is 3. The van der Waals surface area contributed by atoms with Crippen LogP contribution < -0.4 is 15.2 Å². The van der Waals surface area contributed by atoms with Gasteiger partial charge in [-0.2, -0.15) is 0 Å². The summed E-state index contributed by atoms with van der Waals surface area (Å²) >= 11 is 3.04. The van der Waals surface area contributed by atoms with Crippen molar-refractivity contribution in [2.45, 2.75) is 6.04 Å². The molecule has 0 spiro atoms. The monoisotopic (exact) mass is 355 g/mol. The van der Waals surface area contributed by atoms with Gasteiger partial charge in [-0.25, -0.2) is 8.78 Å². The molecule has 1 heterocycles. The van der Waals surface area contributed by atoms with Crippen molar-refractivity contribution in [3.63, 3.8) is 0 Å². The van der Waals surface area contributed by atoms with Crippen molar-refractivity contribution in [2.75, 3.05) is 13.2 Å². The van der Waals surface area contributed by atoms with Gasteiger partial charge in [-0.05, 0) is 45.8 Å². The van der Waals surface area contributed by atoms with Gasteiger partial charge in [0.15, 0.2) is 11.5 Å². The molecule has 2 aromatic rings. The fourth-order valence-electron chi connectivity index (χ4n) is 2.25. The summed E-state index contributed by atoms with van der Waals surface area (Å²) in [6.45, 7) is 0.915. The van der Waals surface area contributed by atoms with Crippen LogP contribution in [0.1, 0.15) is 17.2 Å². The van der Waals surface area contributed by atoms with Crippen molar-refractivity contribution in [1.82, 2.24) is 0 Å². The first-order valence-corrected chi connectivity index (χ1v) is 7.15. The van der Waals surface area contributed by atoms with Crippen LogP contribution in [0.15, 0.2) is 34.8 Å². The Labute approximate surface area is 128 Å². The van der Waals surface area contributed by atoms with Crippen molar-refractivity contribution in [2.24, 2.45) is 5.73 Å². The van der Waals surface area contributed by atoms with Gasteiger partial charge in [-0.3, -0.25) is 0 Å². The average molecular weight is 356 g/mol. The fraction of sp³-hybridized carbons (Fsp3) is 0.200. The second-order valence-electron chi connectivity index (χ2n) is 4.64. The molecule has 21 heavy (non-hydrogen) atoms. The van der Waals surface area contributed by atoms with E-state index in [0.29, 0.717) is 30.3 Å². The predicted molar refractivity (Wildman–Crippen MR) is 77.5 cm³/mol. The predicted octanol–water partition coefficient (Wildman–Crippen LogP) is 3.55. The molecule has 6 heteroatoms. The Hall–Kier alpha value is -1.66. The van der Waals surface area contributed by atoms with Crippen LogP contribution in [0.3, 0.4) is 0 Å². The van der Waals surface area contributed by atoms with Gasteiger partial charge in [-0.1, -0.05) is 6.07 Å². The maximum absolute atomic E-state index is 14.1. The number of nitrogens with two attached hydrogens (primary N) is 1. The molecule has 0 bridgehead atoms. The summed E-state index contributed by atoms with van der Waals surface area (Å²) in [4.78, 5) is 0. The zero-order valence-electron chi connectivity index (χ0n) is 10.9. The van der Waals surface area contributed by atoms with Gasteiger partial charge >= 0.3 is 0 Å². The molecule has 2 N–H and O–H groups in total. The second-order valence-corrected chi connectivity index (χ2v) is 5.49. The van der Waals surface area contributed by atoms with E-state index >= 15 is 0 Å². The molecule has 0 aliphatic carbocycles. The Kier molecular flexibility index (Phi) is 3.82. The highest BCUT2D eigenvalue weighted by molar-refractivity contribution is 9.10. The number of rotatable bonds is 2. The van der Waals surface area contributed by atoms with E-state index in [4.69, 9.17) is 15.2 Å². The zero-order chi connectivity index (χ0) is 15.0. The summed E-state index contributed by atoms with van der Waals surface area (Å²) in [6, 6.07) is 6.58. The third-order valence-corrected chi connectivity index (χ3v) is 3.93. The van der Waals surface area contributed by atoms with E-state index in [9.17, 15) is 8.78 Å². The van der Waals surface area contributed by atoms with Crippen LogP contribution in [0.2, 0.25) is 0 Å². The highest BCUT2D eigenvalue weighted by Gasteiger charge is 2.22. The Balaban J connectivity index is 2.03. The minimum atomic E-state index is -0.932. The molecule has 0 radical (unpaired) electrons. The quantitative estimate of drug-likeness (QED) is 0.838. The number of benzene rings is 2. The minimum Gasteiger partial charge on any atom is -0.486 e. The molecule has 2 aromatic carbocycles. The van der Waals surface area contributed by atoms with Gasteiger partial charge in [-0.15, -0.1) is 0 Å². The molecule has 0 saturated carbocycles. The Morgan fingerprint density at radius 1 is 1.05 bits per heavy atom. The molecule has 3 rings (SSSR count). The largest absolute Gasteiger partial charge is 0.486 e. The lowest BCUT2D eigenvalue weighted by Gasteiger charge is -2.21. The molecule has 1 aliphatic heterocycles. The van der Waals surface area contributed by atoms with Crippen molar-refractivity contribution < 1.29 is 18.3 Å². The summed E-state index contributed by atoms with van der Waals surface area (Å²) in [7, 11) is 0. The van der Waals surface area contributed by atoms with Crippen LogP contribution in [-0.4, -0.2) is 13.2 Å². The van der Waals surface area contributed by atoms with Crippen molar-refractivity contribution in [3.05, 3.63) is 57.6 Å². The molecule has 0 saturated heterocycles. The third kappa shape index (κ3) is 2.61. The Bertz CT molecular complexity index is 694. The van der Waals surface area contributed by atoms with Crippen LogP contribution >= 0.6 is 15.9 Å². The number of fused-ring (bicyclic) bond motifs is 1. The van der Waals surface area contributed by atoms with Crippen molar-refractivity contribution in [3.8, 4) is 11.5 Å². The summed E-state index contributed by atoms with van der Waals surface area (Å²) < 4.78 is 39.1. The van der Waals surface area contributed by atoms with Gasteiger partial charge in [0.1, 0.15) is 24.8 Å². The van der Waals surface area contributed by atoms with E-state index < -0.39 is 17.7 Å². The smallest absolute Gasteiger partial charge is 0.161 e. The zero-order valence-corrected chi connectivity index (χ0v) is 12.5. The van der Waals surface area contributed by atoms with Gasteiger partial charge in [0, 0.05) is 5.56 Å². The fourth-order valence-corrected chi connectivity index (χ4v) is 2.59. The molecule has 1 atom stereocenters. The topological polar surface area (TPSA) is 44.5 Å². The van der Waals surface area contributed by atoms with E-state index in [1.54, 1.807) is 18.2 Å². The lowest BCUT2D eigenvalue weighted by Crippen LogP contribution is -2.18. The van der Waals surface area contributed by atoms with E-state index in [1.807, 2.05) is 0 Å². The standard InChI is InChI=1S/C15H12BrF2NO2/c16-9-2-3-10(17)13(14(9)18)15(19)8-1-4-11-12(7-8)21-6-5-20-11/h1-4,7,15H,5-6,19H2. The van der Waals surface area contributed by atoms with E-state index in [1.165, 1.54) is 12.1 Å². The molecule has 0 aromatic heterocycles. The number of ether oxygens (including phenoxy) is 2. The van der Waals surface area contributed by atoms with Crippen molar-refractivity contribution in [1.29, 1.82) is 0 Å². The first kappa shape index (κ1) is 14.3. The maximum Gasteiger partial charge on any atom is 0.161 e. The van der Waals surface area contributed by atoms with Crippen LogP contribution in [-0.2, 0) is 0 Å². The van der Waals surface area contributed by atoms with E-state index in [0.717, 1.165) is 0 Å². The Morgan fingerprint density at radius 2 is 1.76 bits per heavy atom. The first-order chi connectivity index (χ1) is 10.1. The van der Waals surface area contributed by atoms with Crippen LogP contribution in [0.4, 0.5) is 8.78 Å². The summed E-state index contributed by atoms with van der Waals surface area (Å²) in [5.41, 5.74) is 6.39. The molecular formula is C15H12BrF2NO2. The Morgan fingerprint density at radius 3 is 2.52 bits per heavy atom. The maximum atomic E-state index is 14.1. The summed E-state index contributed by atoms with van der Waals surface area (Å²) in [5, 5.41) is 0. The minimum absolute atomic E-state index is 0.173. The highest BCUT2D eigenvalue weighted by Crippen LogP contribution is 2.35. The van der Waals surface area contributed by atoms with E-state index in [2.05, 4.69) is 15.9 Å². The van der Waals surface area contributed by atoms with Crippen molar-refractivity contribution >= 4 is 15.9 Å². The first-order valence-electron chi connectivity index (χ1n) is 6.36. The van der Waals surface area contributed by atoms with Crippen LogP contribution in [0.5, 0.6) is 11.5 Å². The summed E-state index contributed by atoms with van der Waals surface area (Å²) in [6.07, 6.45) is 0. The van der Waals surface area contributed by atoms with Gasteiger partial charge < -0.3 is 15.2 Å². The van der Waals surface area contributed by atoms with Gasteiger partial charge in [0.2, 0.25) is 0 Å². The average Bonchev–Trinajstić information content (AvgIpc) is 2.51. The lowest BCUT2D eigenvalue weighted by molar-refractivity contribution is 0.171. The highest BCUT2D eigenvalue weighted by atomic mass is 79.9.